The van der Waals surface area contributed by atoms with Crippen molar-refractivity contribution < 1.29 is 0 Å². The molecular formula is C16H16Cl3N. The Balaban J connectivity index is 2.33. The van der Waals surface area contributed by atoms with Gasteiger partial charge in [0.15, 0.2) is 0 Å². The summed E-state index contributed by atoms with van der Waals surface area (Å²) in [6.07, 6.45) is 1.09. The predicted octanol–water partition coefficient (Wildman–Crippen LogP) is 5.81. The molecule has 0 heterocycles. The van der Waals surface area contributed by atoms with Gasteiger partial charge in [0.25, 0.3) is 0 Å². The standard InChI is InChI=1S/C16H16Cl3N/c1-2-7-20-10-12-8-11(3-5-15(12)18)14-9-13(17)4-6-16(14)19/h3-6,8-9,20H,2,7,10H2,1H3. The first-order valence-corrected chi connectivity index (χ1v) is 7.69. The lowest BCUT2D eigenvalue weighted by Gasteiger charge is -2.10. The van der Waals surface area contributed by atoms with Gasteiger partial charge in [-0.25, -0.2) is 0 Å². The summed E-state index contributed by atoms with van der Waals surface area (Å²) in [6, 6.07) is 11.4. The minimum atomic E-state index is 0.671. The van der Waals surface area contributed by atoms with Gasteiger partial charge in [0.05, 0.1) is 0 Å². The Bertz CT molecular complexity index is 596. The van der Waals surface area contributed by atoms with Crippen LogP contribution in [0.2, 0.25) is 15.1 Å². The van der Waals surface area contributed by atoms with Crippen LogP contribution in [0.3, 0.4) is 0 Å². The summed E-state index contributed by atoms with van der Waals surface area (Å²) in [5.74, 6) is 0. The fourth-order valence-corrected chi connectivity index (χ4v) is 2.58. The molecule has 0 aliphatic rings. The molecule has 0 unspecified atom stereocenters. The minimum absolute atomic E-state index is 0.671. The van der Waals surface area contributed by atoms with E-state index in [1.54, 1.807) is 6.07 Å². The Kier molecular flexibility index (Phi) is 5.74. The molecule has 2 aromatic carbocycles. The molecule has 0 saturated carbocycles. The summed E-state index contributed by atoms with van der Waals surface area (Å²) in [6.45, 7) is 3.86. The van der Waals surface area contributed by atoms with Crippen molar-refractivity contribution in [2.24, 2.45) is 0 Å². The summed E-state index contributed by atoms with van der Waals surface area (Å²) >= 11 is 18.5. The van der Waals surface area contributed by atoms with Crippen molar-refractivity contribution in [2.75, 3.05) is 6.54 Å². The molecule has 4 heteroatoms. The topological polar surface area (TPSA) is 12.0 Å². The van der Waals surface area contributed by atoms with Gasteiger partial charge in [0.1, 0.15) is 0 Å². The van der Waals surface area contributed by atoms with Crippen molar-refractivity contribution in [1.29, 1.82) is 0 Å². The molecule has 0 aromatic heterocycles. The third-order valence-corrected chi connectivity index (χ3v) is 3.96. The monoisotopic (exact) mass is 327 g/mol. The smallest absolute Gasteiger partial charge is 0.0485 e. The first-order chi connectivity index (χ1) is 9.61. The zero-order valence-electron chi connectivity index (χ0n) is 11.2. The van der Waals surface area contributed by atoms with Crippen molar-refractivity contribution in [3.05, 3.63) is 57.0 Å². The van der Waals surface area contributed by atoms with E-state index in [4.69, 9.17) is 34.8 Å². The van der Waals surface area contributed by atoms with Crippen molar-refractivity contribution in [2.45, 2.75) is 19.9 Å². The van der Waals surface area contributed by atoms with Crippen LogP contribution in [0, 0.1) is 0 Å². The maximum atomic E-state index is 6.24. The quantitative estimate of drug-likeness (QED) is 0.683. The van der Waals surface area contributed by atoms with Gasteiger partial charge in [-0.1, -0.05) is 47.8 Å². The van der Waals surface area contributed by atoms with E-state index in [2.05, 4.69) is 18.3 Å². The van der Waals surface area contributed by atoms with E-state index >= 15 is 0 Å². The Hall–Kier alpha value is -0.730. The molecule has 0 aliphatic heterocycles. The predicted molar refractivity (Wildman–Crippen MR) is 88.9 cm³/mol. The Morgan fingerprint density at radius 2 is 1.70 bits per heavy atom. The summed E-state index contributed by atoms with van der Waals surface area (Å²) in [4.78, 5) is 0. The molecule has 2 aromatic rings. The van der Waals surface area contributed by atoms with Crippen LogP contribution in [0.5, 0.6) is 0 Å². The molecule has 0 bridgehead atoms. The SMILES string of the molecule is CCCNCc1cc(-c2cc(Cl)ccc2Cl)ccc1Cl. The molecule has 2 rings (SSSR count). The average Bonchev–Trinajstić information content (AvgIpc) is 2.44. The Morgan fingerprint density at radius 1 is 0.950 bits per heavy atom. The third kappa shape index (κ3) is 3.89. The average molecular weight is 329 g/mol. The molecule has 0 spiro atoms. The van der Waals surface area contributed by atoms with Crippen molar-refractivity contribution in [1.82, 2.24) is 5.32 Å². The van der Waals surface area contributed by atoms with Gasteiger partial charge < -0.3 is 5.32 Å². The lowest BCUT2D eigenvalue weighted by atomic mass is 10.0. The lowest BCUT2D eigenvalue weighted by molar-refractivity contribution is 0.676. The van der Waals surface area contributed by atoms with Crippen LogP contribution in [0.4, 0.5) is 0 Å². The molecule has 0 atom stereocenters. The second-order valence-corrected chi connectivity index (χ2v) is 5.86. The molecule has 106 valence electrons. The second-order valence-electron chi connectivity index (χ2n) is 4.61. The largest absolute Gasteiger partial charge is 0.313 e. The minimum Gasteiger partial charge on any atom is -0.313 e. The third-order valence-electron chi connectivity index (χ3n) is 3.03. The fraction of sp³-hybridized carbons (Fsp3) is 0.250. The highest BCUT2D eigenvalue weighted by molar-refractivity contribution is 6.35. The van der Waals surface area contributed by atoms with E-state index in [1.807, 2.05) is 24.3 Å². The molecule has 1 nitrogen and oxygen atoms in total. The molecular weight excluding hydrogens is 313 g/mol. The molecule has 0 saturated heterocycles. The highest BCUT2D eigenvalue weighted by Gasteiger charge is 2.07. The highest BCUT2D eigenvalue weighted by Crippen LogP contribution is 2.32. The van der Waals surface area contributed by atoms with Gasteiger partial charge in [-0.05, 0) is 54.4 Å². The van der Waals surface area contributed by atoms with Crippen LogP contribution in [0.15, 0.2) is 36.4 Å². The zero-order chi connectivity index (χ0) is 14.5. The second kappa shape index (κ2) is 7.33. The number of benzene rings is 2. The lowest BCUT2D eigenvalue weighted by Crippen LogP contribution is -2.14. The van der Waals surface area contributed by atoms with Crippen LogP contribution in [-0.2, 0) is 6.54 Å². The highest BCUT2D eigenvalue weighted by atomic mass is 35.5. The van der Waals surface area contributed by atoms with E-state index in [0.717, 1.165) is 41.2 Å². The summed E-state index contributed by atoms with van der Waals surface area (Å²) in [7, 11) is 0. The number of hydrogen-bond donors (Lipinski definition) is 1. The molecule has 0 fully saturated rings. The van der Waals surface area contributed by atoms with Gasteiger partial charge >= 0.3 is 0 Å². The molecule has 1 N–H and O–H groups in total. The van der Waals surface area contributed by atoms with Crippen LogP contribution in [-0.4, -0.2) is 6.54 Å². The Morgan fingerprint density at radius 3 is 2.45 bits per heavy atom. The maximum absolute atomic E-state index is 6.24. The van der Waals surface area contributed by atoms with Crippen LogP contribution in [0.1, 0.15) is 18.9 Å². The number of nitrogens with one attached hydrogen (secondary N) is 1. The van der Waals surface area contributed by atoms with E-state index in [1.165, 1.54) is 0 Å². The Labute approximate surface area is 134 Å². The van der Waals surface area contributed by atoms with E-state index in [0.29, 0.717) is 10.0 Å². The normalized spacial score (nSPS) is 10.8. The maximum Gasteiger partial charge on any atom is 0.0485 e. The van der Waals surface area contributed by atoms with Gasteiger partial charge in [-0.3, -0.25) is 0 Å². The molecule has 0 aliphatic carbocycles. The molecule has 0 amide bonds. The number of hydrogen-bond acceptors (Lipinski definition) is 1. The van der Waals surface area contributed by atoms with E-state index in [-0.39, 0.29) is 0 Å². The number of halogens is 3. The van der Waals surface area contributed by atoms with Crippen LogP contribution < -0.4 is 5.32 Å². The van der Waals surface area contributed by atoms with Crippen molar-refractivity contribution >= 4 is 34.8 Å². The van der Waals surface area contributed by atoms with Gasteiger partial charge in [0, 0.05) is 27.2 Å². The van der Waals surface area contributed by atoms with Gasteiger partial charge in [-0.2, -0.15) is 0 Å². The van der Waals surface area contributed by atoms with Gasteiger partial charge in [0.2, 0.25) is 0 Å². The van der Waals surface area contributed by atoms with E-state index < -0.39 is 0 Å². The first-order valence-electron chi connectivity index (χ1n) is 6.56. The summed E-state index contributed by atoms with van der Waals surface area (Å²) in [5.41, 5.74) is 3.01. The van der Waals surface area contributed by atoms with Crippen LogP contribution in [0.25, 0.3) is 11.1 Å². The van der Waals surface area contributed by atoms with Crippen molar-refractivity contribution in [3.8, 4) is 11.1 Å². The molecule has 0 radical (unpaired) electrons. The van der Waals surface area contributed by atoms with Crippen molar-refractivity contribution in [3.63, 3.8) is 0 Å². The molecule has 20 heavy (non-hydrogen) atoms. The zero-order valence-corrected chi connectivity index (χ0v) is 13.5. The fourth-order valence-electron chi connectivity index (χ4n) is 2.00. The first kappa shape index (κ1) is 15.7. The van der Waals surface area contributed by atoms with Gasteiger partial charge in [-0.15, -0.1) is 0 Å². The van der Waals surface area contributed by atoms with Crippen LogP contribution >= 0.6 is 34.8 Å². The summed E-state index contributed by atoms with van der Waals surface area (Å²) < 4.78 is 0. The van der Waals surface area contributed by atoms with E-state index in [9.17, 15) is 0 Å². The number of rotatable bonds is 5. The summed E-state index contributed by atoms with van der Waals surface area (Å²) in [5, 5.41) is 5.47.